The Morgan fingerprint density at radius 2 is 2.12 bits per heavy atom. The third kappa shape index (κ3) is 4.12. The first-order valence-corrected chi connectivity index (χ1v) is 5.49. The highest BCUT2D eigenvalue weighted by atomic mass is 79.9. The van der Waals surface area contributed by atoms with Crippen molar-refractivity contribution >= 4 is 33.4 Å². The quantitative estimate of drug-likeness (QED) is 0.764. The SMILES string of the molecule is NC(=O)CC(N)C(=O)Nc1cc(F)ccc1Br. The van der Waals surface area contributed by atoms with E-state index in [0.29, 0.717) is 4.47 Å². The van der Waals surface area contributed by atoms with E-state index < -0.39 is 23.7 Å². The number of hydrogen-bond acceptors (Lipinski definition) is 3. The first-order chi connectivity index (χ1) is 7.90. The van der Waals surface area contributed by atoms with Gasteiger partial charge in [0.1, 0.15) is 5.82 Å². The van der Waals surface area contributed by atoms with Crippen molar-refractivity contribution in [3.8, 4) is 0 Å². The Morgan fingerprint density at radius 3 is 2.71 bits per heavy atom. The largest absolute Gasteiger partial charge is 0.370 e. The molecule has 1 aromatic rings. The monoisotopic (exact) mass is 303 g/mol. The van der Waals surface area contributed by atoms with E-state index in [1.54, 1.807) is 0 Å². The van der Waals surface area contributed by atoms with Crippen molar-refractivity contribution in [2.45, 2.75) is 12.5 Å². The minimum Gasteiger partial charge on any atom is -0.370 e. The number of primary amides is 1. The average molecular weight is 304 g/mol. The minimum absolute atomic E-state index is 0.245. The zero-order valence-electron chi connectivity index (χ0n) is 8.74. The molecule has 92 valence electrons. The maximum Gasteiger partial charge on any atom is 0.241 e. The second kappa shape index (κ2) is 5.74. The first kappa shape index (κ1) is 13.6. The summed E-state index contributed by atoms with van der Waals surface area (Å²) in [5.74, 6) is -1.77. The van der Waals surface area contributed by atoms with Crippen LogP contribution in [0.2, 0.25) is 0 Å². The third-order valence-electron chi connectivity index (χ3n) is 1.94. The van der Waals surface area contributed by atoms with Crippen LogP contribution in [0.15, 0.2) is 22.7 Å². The fraction of sp³-hybridized carbons (Fsp3) is 0.200. The van der Waals surface area contributed by atoms with Crippen LogP contribution in [0.5, 0.6) is 0 Å². The molecular weight excluding hydrogens is 293 g/mol. The van der Waals surface area contributed by atoms with E-state index in [-0.39, 0.29) is 12.1 Å². The summed E-state index contributed by atoms with van der Waals surface area (Å²) in [6.07, 6.45) is -0.265. The van der Waals surface area contributed by atoms with Crippen LogP contribution in [0.25, 0.3) is 0 Å². The Balaban J connectivity index is 2.73. The number of nitrogens with two attached hydrogens (primary N) is 2. The number of amides is 2. The summed E-state index contributed by atoms with van der Waals surface area (Å²) in [7, 11) is 0. The maximum absolute atomic E-state index is 12.9. The van der Waals surface area contributed by atoms with Crippen LogP contribution >= 0.6 is 15.9 Å². The number of benzene rings is 1. The number of carbonyl (C=O) groups excluding carboxylic acids is 2. The molecule has 0 aliphatic heterocycles. The molecule has 0 aliphatic carbocycles. The average Bonchev–Trinajstić information content (AvgIpc) is 2.22. The van der Waals surface area contributed by atoms with E-state index in [9.17, 15) is 14.0 Å². The van der Waals surface area contributed by atoms with E-state index in [1.165, 1.54) is 12.1 Å². The van der Waals surface area contributed by atoms with Gasteiger partial charge < -0.3 is 16.8 Å². The molecule has 0 fully saturated rings. The van der Waals surface area contributed by atoms with Gasteiger partial charge in [-0.2, -0.15) is 0 Å². The predicted molar refractivity (Wildman–Crippen MR) is 64.5 cm³/mol. The van der Waals surface area contributed by atoms with Crippen molar-refractivity contribution < 1.29 is 14.0 Å². The van der Waals surface area contributed by atoms with E-state index in [2.05, 4.69) is 21.2 Å². The lowest BCUT2D eigenvalue weighted by Crippen LogP contribution is -2.39. The summed E-state index contributed by atoms with van der Waals surface area (Å²) in [5, 5.41) is 2.40. The van der Waals surface area contributed by atoms with E-state index in [1.807, 2.05) is 0 Å². The summed E-state index contributed by atoms with van der Waals surface area (Å²) in [6.45, 7) is 0. The minimum atomic E-state index is -1.05. The molecule has 0 saturated carbocycles. The number of hydrogen-bond donors (Lipinski definition) is 3. The van der Waals surface area contributed by atoms with Gasteiger partial charge in [-0.25, -0.2) is 4.39 Å². The van der Waals surface area contributed by atoms with Crippen molar-refractivity contribution in [3.05, 3.63) is 28.5 Å². The zero-order valence-corrected chi connectivity index (χ0v) is 10.3. The van der Waals surface area contributed by atoms with Gasteiger partial charge in [0.2, 0.25) is 11.8 Å². The number of carbonyl (C=O) groups is 2. The summed E-state index contributed by atoms with van der Waals surface area (Å²) in [4.78, 5) is 22.1. The van der Waals surface area contributed by atoms with Gasteiger partial charge in [0.05, 0.1) is 18.2 Å². The first-order valence-electron chi connectivity index (χ1n) is 4.70. The number of rotatable bonds is 4. The Bertz CT molecular complexity index is 453. The van der Waals surface area contributed by atoms with Crippen molar-refractivity contribution in [2.75, 3.05) is 5.32 Å². The molecule has 0 saturated heterocycles. The summed E-state index contributed by atoms with van der Waals surface area (Å²) >= 11 is 3.15. The van der Waals surface area contributed by atoms with Crippen LogP contribution in [0, 0.1) is 5.82 Å². The van der Waals surface area contributed by atoms with Gasteiger partial charge in [-0.3, -0.25) is 9.59 Å². The highest BCUT2D eigenvalue weighted by Crippen LogP contribution is 2.23. The molecule has 0 aliphatic rings. The highest BCUT2D eigenvalue weighted by Gasteiger charge is 2.17. The van der Waals surface area contributed by atoms with E-state index in [0.717, 1.165) is 6.07 Å². The van der Waals surface area contributed by atoms with Crippen LogP contribution in [0.1, 0.15) is 6.42 Å². The molecule has 1 unspecified atom stereocenters. The molecule has 1 atom stereocenters. The van der Waals surface area contributed by atoms with Crippen molar-refractivity contribution in [2.24, 2.45) is 11.5 Å². The molecule has 5 nitrogen and oxygen atoms in total. The van der Waals surface area contributed by atoms with Gasteiger partial charge in [-0.15, -0.1) is 0 Å². The van der Waals surface area contributed by atoms with Crippen LogP contribution in [0.3, 0.4) is 0 Å². The second-order valence-electron chi connectivity index (χ2n) is 3.39. The topological polar surface area (TPSA) is 98.2 Å². The summed E-state index contributed by atoms with van der Waals surface area (Å²) in [6, 6.07) is 2.77. The lowest BCUT2D eigenvalue weighted by Gasteiger charge is -2.11. The van der Waals surface area contributed by atoms with Gasteiger partial charge in [-0.05, 0) is 34.1 Å². The van der Waals surface area contributed by atoms with Crippen LogP contribution in [-0.4, -0.2) is 17.9 Å². The molecular formula is C10H11BrFN3O2. The number of anilines is 1. The molecule has 2 amide bonds. The number of halogens is 2. The highest BCUT2D eigenvalue weighted by molar-refractivity contribution is 9.10. The van der Waals surface area contributed by atoms with Crippen LogP contribution in [0.4, 0.5) is 10.1 Å². The Morgan fingerprint density at radius 1 is 1.47 bits per heavy atom. The Kier molecular flexibility index (Phi) is 4.59. The lowest BCUT2D eigenvalue weighted by molar-refractivity contribution is -0.123. The molecule has 0 spiro atoms. The van der Waals surface area contributed by atoms with Gasteiger partial charge in [0.25, 0.3) is 0 Å². The van der Waals surface area contributed by atoms with Gasteiger partial charge in [0, 0.05) is 4.47 Å². The Labute approximate surface area is 105 Å². The maximum atomic E-state index is 12.9. The van der Waals surface area contributed by atoms with E-state index in [4.69, 9.17) is 11.5 Å². The zero-order chi connectivity index (χ0) is 13.0. The number of nitrogens with one attached hydrogen (secondary N) is 1. The smallest absolute Gasteiger partial charge is 0.241 e. The molecule has 0 heterocycles. The molecule has 1 aromatic carbocycles. The molecule has 7 heteroatoms. The summed E-state index contributed by atoms with van der Waals surface area (Å²) < 4.78 is 13.4. The van der Waals surface area contributed by atoms with Crippen LogP contribution < -0.4 is 16.8 Å². The predicted octanol–water partition coefficient (Wildman–Crippen LogP) is 0.729. The van der Waals surface area contributed by atoms with Crippen molar-refractivity contribution in [1.29, 1.82) is 0 Å². The van der Waals surface area contributed by atoms with E-state index >= 15 is 0 Å². The molecule has 1 rings (SSSR count). The van der Waals surface area contributed by atoms with Gasteiger partial charge in [0.15, 0.2) is 0 Å². The van der Waals surface area contributed by atoms with Gasteiger partial charge >= 0.3 is 0 Å². The summed E-state index contributed by atoms with van der Waals surface area (Å²) in [5.41, 5.74) is 10.6. The normalized spacial score (nSPS) is 11.9. The second-order valence-corrected chi connectivity index (χ2v) is 4.24. The molecule has 0 radical (unpaired) electrons. The van der Waals surface area contributed by atoms with Gasteiger partial charge in [-0.1, -0.05) is 0 Å². The third-order valence-corrected chi connectivity index (χ3v) is 2.64. The molecule has 17 heavy (non-hydrogen) atoms. The molecule has 5 N–H and O–H groups in total. The fourth-order valence-corrected chi connectivity index (χ4v) is 1.47. The standard InChI is InChI=1S/C10H11BrFN3O2/c11-6-2-1-5(12)3-8(6)15-10(17)7(13)4-9(14)16/h1-3,7H,4,13H2,(H2,14,16)(H,15,17). The lowest BCUT2D eigenvalue weighted by atomic mass is 10.2. The molecule has 0 aromatic heterocycles. The fourth-order valence-electron chi connectivity index (χ4n) is 1.13. The van der Waals surface area contributed by atoms with Crippen LogP contribution in [-0.2, 0) is 9.59 Å². The Hall–Kier alpha value is -1.47. The van der Waals surface area contributed by atoms with Crippen molar-refractivity contribution in [3.63, 3.8) is 0 Å². The molecule has 0 bridgehead atoms. The van der Waals surface area contributed by atoms with Crippen molar-refractivity contribution in [1.82, 2.24) is 0 Å².